The molecule has 1 aromatic carbocycles. The molecule has 24 heavy (non-hydrogen) atoms. The number of carbonyl (C=O) groups excluding carboxylic acids is 1. The second kappa shape index (κ2) is 8.98. The SMILES string of the molecule is COc1cc(NCCC(=O)NCc2cccnc2)c(OC)cc1Cl. The van der Waals surface area contributed by atoms with Crippen molar-refractivity contribution in [2.45, 2.75) is 13.0 Å². The van der Waals surface area contributed by atoms with E-state index in [4.69, 9.17) is 21.1 Å². The van der Waals surface area contributed by atoms with E-state index in [0.29, 0.717) is 36.0 Å². The maximum atomic E-state index is 11.9. The molecule has 6 nitrogen and oxygen atoms in total. The molecule has 2 N–H and O–H groups in total. The number of carbonyl (C=O) groups is 1. The number of amides is 1. The predicted octanol–water partition coefficient (Wildman–Crippen LogP) is 2.87. The van der Waals surface area contributed by atoms with E-state index < -0.39 is 0 Å². The van der Waals surface area contributed by atoms with Gasteiger partial charge in [0, 0.05) is 44.0 Å². The van der Waals surface area contributed by atoms with Gasteiger partial charge in [-0.3, -0.25) is 9.78 Å². The molecule has 0 bridgehead atoms. The van der Waals surface area contributed by atoms with Crippen molar-refractivity contribution in [1.29, 1.82) is 0 Å². The standard InChI is InChI=1S/C17H20ClN3O3/c1-23-15-9-14(16(24-2)8-13(15)18)20-7-5-17(22)21-11-12-4-3-6-19-10-12/h3-4,6,8-10,20H,5,7,11H2,1-2H3,(H,21,22). The Morgan fingerprint density at radius 3 is 2.71 bits per heavy atom. The Kier molecular flexibility index (Phi) is 6.69. The molecule has 1 heterocycles. The number of pyridine rings is 1. The zero-order valence-corrected chi connectivity index (χ0v) is 14.4. The van der Waals surface area contributed by atoms with Gasteiger partial charge in [-0.25, -0.2) is 0 Å². The quantitative estimate of drug-likeness (QED) is 0.766. The van der Waals surface area contributed by atoms with Crippen LogP contribution in [0.15, 0.2) is 36.7 Å². The van der Waals surface area contributed by atoms with Crippen molar-refractivity contribution < 1.29 is 14.3 Å². The summed E-state index contributed by atoms with van der Waals surface area (Å²) < 4.78 is 10.5. The van der Waals surface area contributed by atoms with Crippen LogP contribution in [-0.2, 0) is 11.3 Å². The summed E-state index contributed by atoms with van der Waals surface area (Å²) >= 11 is 6.06. The van der Waals surface area contributed by atoms with Crippen LogP contribution in [0.5, 0.6) is 11.5 Å². The number of aromatic nitrogens is 1. The zero-order valence-electron chi connectivity index (χ0n) is 13.6. The van der Waals surface area contributed by atoms with Crippen LogP contribution < -0.4 is 20.1 Å². The molecular weight excluding hydrogens is 330 g/mol. The van der Waals surface area contributed by atoms with Crippen LogP contribution >= 0.6 is 11.6 Å². The highest BCUT2D eigenvalue weighted by atomic mass is 35.5. The van der Waals surface area contributed by atoms with E-state index >= 15 is 0 Å². The van der Waals surface area contributed by atoms with Gasteiger partial charge in [0.2, 0.25) is 5.91 Å². The average Bonchev–Trinajstić information content (AvgIpc) is 2.61. The summed E-state index contributed by atoms with van der Waals surface area (Å²) in [5.74, 6) is 1.09. The van der Waals surface area contributed by atoms with Gasteiger partial charge < -0.3 is 20.1 Å². The molecule has 0 aliphatic heterocycles. The molecule has 0 aliphatic carbocycles. The number of hydrogen-bond acceptors (Lipinski definition) is 5. The van der Waals surface area contributed by atoms with E-state index in [1.54, 1.807) is 38.7 Å². The number of hydrogen-bond donors (Lipinski definition) is 2. The summed E-state index contributed by atoms with van der Waals surface area (Å²) in [5, 5.41) is 6.47. The molecule has 1 amide bonds. The molecule has 0 spiro atoms. The fourth-order valence-corrected chi connectivity index (χ4v) is 2.33. The van der Waals surface area contributed by atoms with Gasteiger partial charge in [0.25, 0.3) is 0 Å². The Morgan fingerprint density at radius 1 is 1.25 bits per heavy atom. The summed E-state index contributed by atoms with van der Waals surface area (Å²) in [6.45, 7) is 0.921. The second-order valence-corrected chi connectivity index (χ2v) is 5.41. The molecule has 0 aliphatic rings. The van der Waals surface area contributed by atoms with Crippen molar-refractivity contribution in [1.82, 2.24) is 10.3 Å². The van der Waals surface area contributed by atoms with Crippen LogP contribution in [0.1, 0.15) is 12.0 Å². The summed E-state index contributed by atoms with van der Waals surface area (Å²) in [6, 6.07) is 7.17. The maximum absolute atomic E-state index is 11.9. The van der Waals surface area contributed by atoms with E-state index in [2.05, 4.69) is 15.6 Å². The fourth-order valence-electron chi connectivity index (χ4n) is 2.10. The number of halogens is 1. The van der Waals surface area contributed by atoms with Crippen molar-refractivity contribution in [3.05, 3.63) is 47.2 Å². The minimum absolute atomic E-state index is 0.0498. The molecule has 1 aromatic heterocycles. The lowest BCUT2D eigenvalue weighted by atomic mass is 10.2. The number of anilines is 1. The maximum Gasteiger partial charge on any atom is 0.222 e. The van der Waals surface area contributed by atoms with E-state index in [9.17, 15) is 4.79 Å². The third kappa shape index (κ3) is 5.03. The Morgan fingerprint density at radius 2 is 2.04 bits per heavy atom. The third-order valence-electron chi connectivity index (χ3n) is 3.35. The van der Waals surface area contributed by atoms with Gasteiger partial charge in [0.05, 0.1) is 24.9 Å². The van der Waals surface area contributed by atoms with E-state index in [1.165, 1.54) is 0 Å². The van der Waals surface area contributed by atoms with Gasteiger partial charge in [-0.1, -0.05) is 17.7 Å². The van der Waals surface area contributed by atoms with Crippen LogP contribution in [0.3, 0.4) is 0 Å². The average molecular weight is 350 g/mol. The minimum atomic E-state index is -0.0498. The first-order valence-electron chi connectivity index (χ1n) is 7.45. The number of ether oxygens (including phenoxy) is 2. The number of benzene rings is 1. The first-order valence-corrected chi connectivity index (χ1v) is 7.83. The first-order chi connectivity index (χ1) is 11.6. The fraction of sp³-hybridized carbons (Fsp3) is 0.294. The monoisotopic (exact) mass is 349 g/mol. The molecule has 0 saturated heterocycles. The normalized spacial score (nSPS) is 10.1. The van der Waals surface area contributed by atoms with Crippen LogP contribution in [-0.4, -0.2) is 31.7 Å². The van der Waals surface area contributed by atoms with Crippen molar-refractivity contribution >= 4 is 23.2 Å². The van der Waals surface area contributed by atoms with Crippen LogP contribution in [0.2, 0.25) is 5.02 Å². The Bertz CT molecular complexity index is 680. The lowest BCUT2D eigenvalue weighted by Gasteiger charge is -2.14. The van der Waals surface area contributed by atoms with Crippen molar-refractivity contribution in [2.24, 2.45) is 0 Å². The molecule has 128 valence electrons. The van der Waals surface area contributed by atoms with Crippen LogP contribution in [0.25, 0.3) is 0 Å². The largest absolute Gasteiger partial charge is 0.495 e. The van der Waals surface area contributed by atoms with Crippen molar-refractivity contribution in [3.8, 4) is 11.5 Å². The zero-order chi connectivity index (χ0) is 17.4. The van der Waals surface area contributed by atoms with Gasteiger partial charge >= 0.3 is 0 Å². The molecule has 0 unspecified atom stereocenters. The molecular formula is C17H20ClN3O3. The van der Waals surface area contributed by atoms with Crippen molar-refractivity contribution in [2.75, 3.05) is 26.1 Å². The number of nitrogens with zero attached hydrogens (tertiary/aromatic N) is 1. The van der Waals surface area contributed by atoms with Gasteiger partial charge in [-0.2, -0.15) is 0 Å². The van der Waals surface area contributed by atoms with E-state index in [1.807, 2.05) is 12.1 Å². The predicted molar refractivity (Wildman–Crippen MR) is 93.7 cm³/mol. The lowest BCUT2D eigenvalue weighted by Crippen LogP contribution is -2.25. The van der Waals surface area contributed by atoms with Gasteiger partial charge in [0.1, 0.15) is 11.5 Å². The summed E-state index contributed by atoms with van der Waals surface area (Å²) in [7, 11) is 3.10. The lowest BCUT2D eigenvalue weighted by molar-refractivity contribution is -0.121. The van der Waals surface area contributed by atoms with Crippen LogP contribution in [0.4, 0.5) is 5.69 Å². The van der Waals surface area contributed by atoms with Gasteiger partial charge in [-0.15, -0.1) is 0 Å². The summed E-state index contributed by atoms with van der Waals surface area (Å²) in [4.78, 5) is 15.9. The first kappa shape index (κ1) is 17.9. The number of rotatable bonds is 8. The third-order valence-corrected chi connectivity index (χ3v) is 3.65. The van der Waals surface area contributed by atoms with Gasteiger partial charge in [0.15, 0.2) is 0 Å². The Hall–Kier alpha value is -2.47. The summed E-state index contributed by atoms with van der Waals surface area (Å²) in [5.41, 5.74) is 1.68. The highest BCUT2D eigenvalue weighted by molar-refractivity contribution is 6.32. The van der Waals surface area contributed by atoms with Gasteiger partial charge in [-0.05, 0) is 11.6 Å². The van der Waals surface area contributed by atoms with Crippen LogP contribution in [0, 0.1) is 0 Å². The molecule has 0 saturated carbocycles. The molecule has 2 aromatic rings. The van der Waals surface area contributed by atoms with E-state index in [-0.39, 0.29) is 5.91 Å². The smallest absolute Gasteiger partial charge is 0.222 e. The molecule has 7 heteroatoms. The van der Waals surface area contributed by atoms with Crippen molar-refractivity contribution in [3.63, 3.8) is 0 Å². The molecule has 2 rings (SSSR count). The second-order valence-electron chi connectivity index (χ2n) is 5.00. The van der Waals surface area contributed by atoms with E-state index in [0.717, 1.165) is 11.3 Å². The highest BCUT2D eigenvalue weighted by Gasteiger charge is 2.10. The summed E-state index contributed by atoms with van der Waals surface area (Å²) in [6.07, 6.45) is 3.75. The molecule has 0 atom stereocenters. The number of nitrogens with one attached hydrogen (secondary N) is 2. The Balaban J connectivity index is 1.84. The number of methoxy groups -OCH3 is 2. The minimum Gasteiger partial charge on any atom is -0.495 e. The topological polar surface area (TPSA) is 72.5 Å². The Labute approximate surface area is 146 Å². The highest BCUT2D eigenvalue weighted by Crippen LogP contribution is 2.35. The molecule has 0 radical (unpaired) electrons. The molecule has 0 fully saturated rings.